The van der Waals surface area contributed by atoms with E-state index < -0.39 is 0 Å². The van der Waals surface area contributed by atoms with Crippen LogP contribution in [-0.4, -0.2) is 17.8 Å². The summed E-state index contributed by atoms with van der Waals surface area (Å²) in [6.45, 7) is 6.44. The Bertz CT molecular complexity index is 354. The van der Waals surface area contributed by atoms with E-state index >= 15 is 0 Å². The van der Waals surface area contributed by atoms with Crippen LogP contribution in [-0.2, 0) is 0 Å². The fraction of sp³-hybridized carbons (Fsp3) is 0.600. The van der Waals surface area contributed by atoms with E-state index in [9.17, 15) is 9.50 Å². The van der Waals surface area contributed by atoms with Gasteiger partial charge in [-0.2, -0.15) is 0 Å². The highest BCUT2D eigenvalue weighted by Gasteiger charge is 2.16. The fourth-order valence-electron chi connectivity index (χ4n) is 2.22. The highest BCUT2D eigenvalue weighted by molar-refractivity contribution is 5.20. The Hall–Kier alpha value is -0.930. The van der Waals surface area contributed by atoms with Crippen LogP contribution < -0.4 is 5.32 Å². The molecule has 1 aromatic rings. The molecular weight excluding hydrogens is 229 g/mol. The standard InChI is InChI=1S/C15H24FNO/c1-4-15(12-6-5-7-13(16)9-12)17-14(10-18)8-11(2)3/h5-7,9,11,14-15,17-18H,4,8,10H2,1-3H3. The first-order valence-electron chi connectivity index (χ1n) is 6.69. The highest BCUT2D eigenvalue weighted by Crippen LogP contribution is 2.19. The molecular formula is C15H24FNO. The Morgan fingerprint density at radius 1 is 1.33 bits per heavy atom. The maximum atomic E-state index is 13.2. The van der Waals surface area contributed by atoms with Gasteiger partial charge in [0, 0.05) is 12.1 Å². The second-order valence-electron chi connectivity index (χ2n) is 5.19. The zero-order chi connectivity index (χ0) is 13.5. The zero-order valence-corrected chi connectivity index (χ0v) is 11.5. The molecule has 0 spiro atoms. The van der Waals surface area contributed by atoms with Crippen LogP contribution in [0, 0.1) is 11.7 Å². The van der Waals surface area contributed by atoms with Gasteiger partial charge in [0.25, 0.3) is 0 Å². The third-order valence-electron chi connectivity index (χ3n) is 3.07. The summed E-state index contributed by atoms with van der Waals surface area (Å²) < 4.78 is 13.2. The average Bonchev–Trinajstić information content (AvgIpc) is 2.33. The lowest BCUT2D eigenvalue weighted by atomic mass is 9.99. The zero-order valence-electron chi connectivity index (χ0n) is 11.5. The summed E-state index contributed by atoms with van der Waals surface area (Å²) in [4.78, 5) is 0. The number of halogens is 1. The van der Waals surface area contributed by atoms with E-state index in [0.717, 1.165) is 18.4 Å². The van der Waals surface area contributed by atoms with Gasteiger partial charge in [0.15, 0.2) is 0 Å². The molecule has 2 atom stereocenters. The van der Waals surface area contributed by atoms with Crippen molar-refractivity contribution in [1.29, 1.82) is 0 Å². The molecule has 2 unspecified atom stereocenters. The molecule has 2 nitrogen and oxygen atoms in total. The van der Waals surface area contributed by atoms with Gasteiger partial charge in [0.2, 0.25) is 0 Å². The van der Waals surface area contributed by atoms with Crippen LogP contribution in [0.5, 0.6) is 0 Å². The third-order valence-corrected chi connectivity index (χ3v) is 3.07. The van der Waals surface area contributed by atoms with E-state index in [2.05, 4.69) is 26.1 Å². The largest absolute Gasteiger partial charge is 0.395 e. The van der Waals surface area contributed by atoms with Crippen LogP contribution in [0.25, 0.3) is 0 Å². The lowest BCUT2D eigenvalue weighted by Gasteiger charge is -2.25. The topological polar surface area (TPSA) is 32.3 Å². The van der Waals surface area contributed by atoms with Crippen molar-refractivity contribution in [3.05, 3.63) is 35.6 Å². The van der Waals surface area contributed by atoms with Gasteiger partial charge in [0.05, 0.1) is 6.61 Å². The predicted molar refractivity (Wildman–Crippen MR) is 72.9 cm³/mol. The Kier molecular flexibility index (Phi) is 6.30. The van der Waals surface area contributed by atoms with Gasteiger partial charge in [-0.25, -0.2) is 4.39 Å². The normalized spacial score (nSPS) is 14.8. The highest BCUT2D eigenvalue weighted by atomic mass is 19.1. The maximum Gasteiger partial charge on any atom is 0.123 e. The molecule has 0 fully saturated rings. The molecule has 102 valence electrons. The van der Waals surface area contributed by atoms with Gasteiger partial charge in [-0.05, 0) is 36.5 Å². The lowest BCUT2D eigenvalue weighted by molar-refractivity contribution is 0.211. The summed E-state index contributed by atoms with van der Waals surface area (Å²) in [7, 11) is 0. The summed E-state index contributed by atoms with van der Waals surface area (Å²) in [5.74, 6) is 0.317. The SMILES string of the molecule is CCC(NC(CO)CC(C)C)c1cccc(F)c1. The molecule has 3 heteroatoms. The summed E-state index contributed by atoms with van der Waals surface area (Å²) >= 11 is 0. The molecule has 18 heavy (non-hydrogen) atoms. The Morgan fingerprint density at radius 2 is 2.06 bits per heavy atom. The molecule has 2 N–H and O–H groups in total. The molecule has 0 radical (unpaired) electrons. The molecule has 0 aliphatic rings. The van der Waals surface area contributed by atoms with E-state index in [0.29, 0.717) is 5.92 Å². The van der Waals surface area contributed by atoms with Crippen molar-refractivity contribution in [2.45, 2.75) is 45.7 Å². The van der Waals surface area contributed by atoms with Gasteiger partial charge < -0.3 is 10.4 Å². The molecule has 0 bridgehead atoms. The third kappa shape index (κ3) is 4.75. The van der Waals surface area contributed by atoms with Crippen LogP contribution >= 0.6 is 0 Å². The van der Waals surface area contributed by atoms with E-state index in [-0.39, 0.29) is 24.5 Å². The van der Waals surface area contributed by atoms with Crippen molar-refractivity contribution in [2.24, 2.45) is 5.92 Å². The minimum atomic E-state index is -0.211. The number of hydrogen-bond donors (Lipinski definition) is 2. The summed E-state index contributed by atoms with van der Waals surface area (Å²) in [5.41, 5.74) is 0.944. The van der Waals surface area contributed by atoms with E-state index in [4.69, 9.17) is 0 Å². The van der Waals surface area contributed by atoms with Gasteiger partial charge in [-0.15, -0.1) is 0 Å². The maximum absolute atomic E-state index is 13.2. The first kappa shape index (κ1) is 15.1. The van der Waals surface area contributed by atoms with Gasteiger partial charge >= 0.3 is 0 Å². The van der Waals surface area contributed by atoms with Gasteiger partial charge in [-0.3, -0.25) is 0 Å². The van der Waals surface area contributed by atoms with Crippen molar-refractivity contribution < 1.29 is 9.50 Å². The molecule has 0 saturated heterocycles. The van der Waals surface area contributed by atoms with Crippen molar-refractivity contribution in [3.63, 3.8) is 0 Å². The van der Waals surface area contributed by atoms with Crippen LogP contribution in [0.3, 0.4) is 0 Å². The molecule has 0 aromatic heterocycles. The number of hydrogen-bond acceptors (Lipinski definition) is 2. The van der Waals surface area contributed by atoms with E-state index in [1.165, 1.54) is 6.07 Å². The second kappa shape index (κ2) is 7.49. The van der Waals surface area contributed by atoms with Crippen molar-refractivity contribution >= 4 is 0 Å². The number of aliphatic hydroxyl groups excluding tert-OH is 1. The van der Waals surface area contributed by atoms with Gasteiger partial charge in [0.1, 0.15) is 5.82 Å². The number of nitrogens with one attached hydrogen (secondary N) is 1. The summed E-state index contributed by atoms with van der Waals surface area (Å²) in [6, 6.07) is 6.83. The average molecular weight is 253 g/mol. The molecule has 1 aromatic carbocycles. The van der Waals surface area contributed by atoms with Crippen molar-refractivity contribution in [1.82, 2.24) is 5.32 Å². The Morgan fingerprint density at radius 3 is 2.56 bits per heavy atom. The number of benzene rings is 1. The van der Waals surface area contributed by atoms with E-state index in [1.807, 2.05) is 6.07 Å². The summed E-state index contributed by atoms with van der Waals surface area (Å²) in [6.07, 6.45) is 1.79. The predicted octanol–water partition coefficient (Wildman–Crippen LogP) is 3.27. The Balaban J connectivity index is 2.71. The molecule has 0 aliphatic carbocycles. The second-order valence-corrected chi connectivity index (χ2v) is 5.19. The monoisotopic (exact) mass is 253 g/mol. The van der Waals surface area contributed by atoms with Crippen LogP contribution in [0.4, 0.5) is 4.39 Å². The first-order chi connectivity index (χ1) is 8.56. The fourth-order valence-corrected chi connectivity index (χ4v) is 2.22. The van der Waals surface area contributed by atoms with Crippen molar-refractivity contribution in [2.75, 3.05) is 6.61 Å². The first-order valence-corrected chi connectivity index (χ1v) is 6.69. The number of aliphatic hydroxyl groups is 1. The molecule has 0 aliphatic heterocycles. The van der Waals surface area contributed by atoms with Crippen molar-refractivity contribution in [3.8, 4) is 0 Å². The minimum absolute atomic E-state index is 0.0678. The quantitative estimate of drug-likeness (QED) is 0.781. The molecule has 0 amide bonds. The number of rotatable bonds is 7. The molecule has 1 rings (SSSR count). The van der Waals surface area contributed by atoms with E-state index in [1.54, 1.807) is 12.1 Å². The smallest absolute Gasteiger partial charge is 0.123 e. The Labute approximate surface area is 109 Å². The lowest BCUT2D eigenvalue weighted by Crippen LogP contribution is -2.36. The molecule has 0 saturated carbocycles. The summed E-state index contributed by atoms with van der Waals surface area (Å²) in [5, 5.41) is 12.8. The van der Waals surface area contributed by atoms with Crippen LogP contribution in [0.2, 0.25) is 0 Å². The molecule has 0 heterocycles. The van der Waals surface area contributed by atoms with Gasteiger partial charge in [-0.1, -0.05) is 32.9 Å². The minimum Gasteiger partial charge on any atom is -0.395 e. The van der Waals surface area contributed by atoms with Crippen LogP contribution in [0.1, 0.15) is 45.2 Å². The van der Waals surface area contributed by atoms with Crippen LogP contribution in [0.15, 0.2) is 24.3 Å².